The summed E-state index contributed by atoms with van der Waals surface area (Å²) < 4.78 is 26.8. The lowest BCUT2D eigenvalue weighted by Crippen LogP contribution is -2.21. The maximum Gasteiger partial charge on any atom is 0.250 e. The van der Waals surface area contributed by atoms with Gasteiger partial charge in [0.05, 0.1) is 0 Å². The molecule has 0 amide bonds. The maximum absolute atomic E-state index is 12.0. The molecule has 2 aromatic heterocycles. The molecule has 0 saturated heterocycles. The van der Waals surface area contributed by atoms with Crippen molar-refractivity contribution in [2.75, 3.05) is 5.73 Å². The molecule has 3 N–H and O–H groups in total. The van der Waals surface area contributed by atoms with E-state index in [0.29, 0.717) is 12.2 Å². The van der Waals surface area contributed by atoms with Crippen molar-refractivity contribution in [1.29, 1.82) is 0 Å². The summed E-state index contributed by atoms with van der Waals surface area (Å²) in [6.07, 6.45) is 0. The third-order valence-corrected chi connectivity index (χ3v) is 6.53. The second kappa shape index (κ2) is 5.00. The van der Waals surface area contributed by atoms with Crippen LogP contribution in [-0.4, -0.2) is 8.42 Å². The Morgan fingerprint density at radius 3 is 2.56 bits per heavy atom. The molecule has 0 aliphatic carbocycles. The van der Waals surface area contributed by atoms with Crippen molar-refractivity contribution in [1.82, 2.24) is 4.72 Å². The molecule has 0 fully saturated rings. The normalized spacial score (nSPS) is 11.9. The topological polar surface area (TPSA) is 72.2 Å². The lowest BCUT2D eigenvalue weighted by atomic mass is 10.3. The van der Waals surface area contributed by atoms with Gasteiger partial charge in [0.15, 0.2) is 0 Å². The lowest BCUT2D eigenvalue weighted by Gasteiger charge is -2.02. The summed E-state index contributed by atoms with van der Waals surface area (Å²) in [5.74, 6) is 0. The van der Waals surface area contributed by atoms with E-state index in [0.717, 1.165) is 16.2 Å². The van der Waals surface area contributed by atoms with Crippen molar-refractivity contribution in [3.05, 3.63) is 32.8 Å². The average Bonchev–Trinajstić information content (AvgIpc) is 2.85. The van der Waals surface area contributed by atoms with Crippen LogP contribution in [0.2, 0.25) is 0 Å². The Hall–Kier alpha value is -0.890. The molecule has 0 aliphatic rings. The number of rotatable bonds is 4. The summed E-state index contributed by atoms with van der Waals surface area (Å²) in [4.78, 5) is 2.22. The molecule has 4 nitrogen and oxygen atoms in total. The van der Waals surface area contributed by atoms with Gasteiger partial charge in [-0.05, 0) is 31.5 Å². The van der Waals surface area contributed by atoms with Gasteiger partial charge in [-0.2, -0.15) is 0 Å². The van der Waals surface area contributed by atoms with Gasteiger partial charge in [-0.1, -0.05) is 0 Å². The molecule has 0 atom stereocenters. The van der Waals surface area contributed by atoms with Gasteiger partial charge in [-0.15, -0.1) is 22.7 Å². The van der Waals surface area contributed by atoms with Crippen LogP contribution in [0.4, 0.5) is 5.69 Å². The minimum Gasteiger partial charge on any atom is -0.398 e. The van der Waals surface area contributed by atoms with Crippen LogP contribution in [-0.2, 0) is 16.6 Å². The highest BCUT2D eigenvalue weighted by molar-refractivity contribution is 7.91. The van der Waals surface area contributed by atoms with Crippen LogP contribution >= 0.6 is 22.7 Å². The number of hydrogen-bond acceptors (Lipinski definition) is 5. The Labute approximate surface area is 115 Å². The van der Waals surface area contributed by atoms with Gasteiger partial charge in [-0.3, -0.25) is 0 Å². The van der Waals surface area contributed by atoms with Gasteiger partial charge >= 0.3 is 0 Å². The minimum atomic E-state index is -3.45. The molecule has 2 heterocycles. The van der Waals surface area contributed by atoms with E-state index >= 15 is 0 Å². The van der Waals surface area contributed by atoms with Gasteiger partial charge in [0.2, 0.25) is 10.0 Å². The first-order valence-corrected chi connectivity index (χ1v) is 8.46. The van der Waals surface area contributed by atoms with Crippen LogP contribution in [0.25, 0.3) is 0 Å². The van der Waals surface area contributed by atoms with Crippen LogP contribution in [0.15, 0.2) is 21.7 Å². The molecule has 7 heteroatoms. The van der Waals surface area contributed by atoms with Gasteiger partial charge in [-0.25, -0.2) is 13.1 Å². The molecular formula is C11H14N2O2S3. The highest BCUT2D eigenvalue weighted by Gasteiger charge is 2.16. The highest BCUT2D eigenvalue weighted by Crippen LogP contribution is 2.23. The predicted molar refractivity (Wildman–Crippen MR) is 76.5 cm³/mol. The zero-order valence-corrected chi connectivity index (χ0v) is 12.5. The van der Waals surface area contributed by atoms with Crippen LogP contribution in [0.5, 0.6) is 0 Å². The van der Waals surface area contributed by atoms with Crippen LogP contribution in [0.1, 0.15) is 15.3 Å². The van der Waals surface area contributed by atoms with E-state index in [1.165, 1.54) is 16.5 Å². The fourth-order valence-electron chi connectivity index (χ4n) is 1.45. The largest absolute Gasteiger partial charge is 0.398 e. The number of aryl methyl sites for hydroxylation is 2. The smallest absolute Gasteiger partial charge is 0.250 e. The molecule has 0 saturated carbocycles. The SMILES string of the molecule is Cc1cc(CNS(=O)(=O)c2cc(N)cs2)sc1C. The van der Waals surface area contributed by atoms with E-state index in [1.54, 1.807) is 16.7 Å². The van der Waals surface area contributed by atoms with Crippen molar-refractivity contribution >= 4 is 38.4 Å². The maximum atomic E-state index is 12.0. The number of nitrogens with two attached hydrogens (primary N) is 1. The summed E-state index contributed by atoms with van der Waals surface area (Å²) in [6.45, 7) is 4.36. The Kier molecular flexibility index (Phi) is 3.76. The van der Waals surface area contributed by atoms with Gasteiger partial charge < -0.3 is 5.73 Å². The molecule has 2 rings (SSSR count). The third-order valence-electron chi connectivity index (χ3n) is 2.51. The van der Waals surface area contributed by atoms with E-state index in [2.05, 4.69) is 4.72 Å². The summed E-state index contributed by atoms with van der Waals surface area (Å²) in [5, 5.41) is 1.62. The van der Waals surface area contributed by atoms with Crippen molar-refractivity contribution in [3.8, 4) is 0 Å². The number of hydrogen-bond donors (Lipinski definition) is 2. The molecule has 0 unspecified atom stereocenters. The van der Waals surface area contributed by atoms with E-state index < -0.39 is 10.0 Å². The molecule has 18 heavy (non-hydrogen) atoms. The second-order valence-electron chi connectivity index (χ2n) is 3.98. The van der Waals surface area contributed by atoms with Crippen molar-refractivity contribution < 1.29 is 8.42 Å². The first kappa shape index (κ1) is 13.5. The van der Waals surface area contributed by atoms with Crippen LogP contribution < -0.4 is 10.5 Å². The van der Waals surface area contributed by atoms with E-state index in [9.17, 15) is 8.42 Å². The second-order valence-corrected chi connectivity index (χ2v) is 8.22. The third kappa shape index (κ3) is 2.92. The first-order valence-electron chi connectivity index (χ1n) is 5.28. The summed E-state index contributed by atoms with van der Waals surface area (Å²) in [7, 11) is -3.45. The Bertz CT molecular complexity index is 636. The number of sulfonamides is 1. The van der Waals surface area contributed by atoms with Gasteiger partial charge in [0, 0.05) is 27.4 Å². The van der Waals surface area contributed by atoms with E-state index in [4.69, 9.17) is 5.73 Å². The quantitative estimate of drug-likeness (QED) is 0.911. The number of anilines is 1. The Morgan fingerprint density at radius 2 is 2.06 bits per heavy atom. The summed E-state index contributed by atoms with van der Waals surface area (Å²) in [6, 6.07) is 3.48. The molecule has 0 spiro atoms. The first-order chi connectivity index (χ1) is 8.38. The molecular weight excluding hydrogens is 288 g/mol. The fourth-order valence-corrected chi connectivity index (χ4v) is 4.66. The highest BCUT2D eigenvalue weighted by atomic mass is 32.2. The fraction of sp³-hybridized carbons (Fsp3) is 0.273. The molecule has 0 radical (unpaired) electrons. The standard InChI is InChI=1S/C11H14N2O2S3/c1-7-3-10(17-8(7)2)5-13-18(14,15)11-4-9(12)6-16-11/h3-4,6,13H,5,12H2,1-2H3. The number of nitrogens with one attached hydrogen (secondary N) is 1. The molecule has 0 aliphatic heterocycles. The molecule has 98 valence electrons. The van der Waals surface area contributed by atoms with E-state index in [-0.39, 0.29) is 4.21 Å². The molecule has 2 aromatic rings. The molecule has 0 bridgehead atoms. The Balaban J connectivity index is 2.10. The zero-order chi connectivity index (χ0) is 13.3. The van der Waals surface area contributed by atoms with E-state index in [1.807, 2.05) is 19.9 Å². The monoisotopic (exact) mass is 302 g/mol. The van der Waals surface area contributed by atoms with Crippen molar-refractivity contribution in [2.45, 2.75) is 24.6 Å². The van der Waals surface area contributed by atoms with Crippen molar-refractivity contribution in [2.24, 2.45) is 0 Å². The Morgan fingerprint density at radius 1 is 1.33 bits per heavy atom. The summed E-state index contributed by atoms with van der Waals surface area (Å²) >= 11 is 2.74. The predicted octanol–water partition coefficient (Wildman–Crippen LogP) is 2.49. The zero-order valence-electron chi connectivity index (χ0n) is 10.1. The van der Waals surface area contributed by atoms with Gasteiger partial charge in [0.25, 0.3) is 0 Å². The number of thiophene rings is 2. The summed E-state index contributed by atoms with van der Waals surface area (Å²) in [5.41, 5.74) is 7.19. The minimum absolute atomic E-state index is 0.255. The molecule has 0 aromatic carbocycles. The van der Waals surface area contributed by atoms with Crippen molar-refractivity contribution in [3.63, 3.8) is 0 Å². The average molecular weight is 302 g/mol. The number of nitrogen functional groups attached to an aromatic ring is 1. The van der Waals surface area contributed by atoms with Crippen LogP contribution in [0, 0.1) is 13.8 Å². The van der Waals surface area contributed by atoms with Gasteiger partial charge in [0.1, 0.15) is 4.21 Å². The lowest BCUT2D eigenvalue weighted by molar-refractivity contribution is 0.584. The van der Waals surface area contributed by atoms with Crippen LogP contribution in [0.3, 0.4) is 0 Å².